The average molecular weight is 518 g/mol. The molecular formula is C20H35N7O9. The normalized spacial score (nSPS) is 16.5. The van der Waals surface area contributed by atoms with Crippen molar-refractivity contribution >= 4 is 41.4 Å². The molecule has 0 bridgehead atoms. The van der Waals surface area contributed by atoms with E-state index in [0.29, 0.717) is 0 Å². The minimum Gasteiger partial charge on any atom is -0.480 e. The Bertz CT molecular complexity index is 862. The van der Waals surface area contributed by atoms with E-state index in [-0.39, 0.29) is 0 Å². The highest BCUT2D eigenvalue weighted by atomic mass is 16.4. The fraction of sp³-hybridized carbons (Fsp3) is 0.650. The zero-order chi connectivity index (χ0) is 28.3. The van der Waals surface area contributed by atoms with Crippen molar-refractivity contribution in [1.82, 2.24) is 26.6 Å². The summed E-state index contributed by atoms with van der Waals surface area (Å²) < 4.78 is 0. The molecule has 0 aromatic heterocycles. The molecule has 6 amide bonds. The van der Waals surface area contributed by atoms with Crippen LogP contribution in [0.2, 0.25) is 0 Å². The Hall–Kier alpha value is -3.79. The highest BCUT2D eigenvalue weighted by Crippen LogP contribution is 2.01. The van der Waals surface area contributed by atoms with Gasteiger partial charge in [0.2, 0.25) is 35.4 Å². The van der Waals surface area contributed by atoms with Gasteiger partial charge in [-0.05, 0) is 34.6 Å². The number of carboxylic acid groups (broad SMARTS) is 1. The number of aliphatic hydroxyl groups excluding tert-OH is 1. The lowest BCUT2D eigenvalue weighted by Gasteiger charge is -2.26. The van der Waals surface area contributed by atoms with Gasteiger partial charge in [-0.15, -0.1) is 0 Å². The van der Waals surface area contributed by atoms with Gasteiger partial charge in [0, 0.05) is 0 Å². The highest BCUT2D eigenvalue weighted by Gasteiger charge is 2.33. The molecule has 0 aliphatic rings. The van der Waals surface area contributed by atoms with Crippen LogP contribution >= 0.6 is 0 Å². The third-order valence-electron chi connectivity index (χ3n) is 4.75. The fourth-order valence-corrected chi connectivity index (χ4v) is 2.55. The minimum absolute atomic E-state index is 0.643. The summed E-state index contributed by atoms with van der Waals surface area (Å²) in [4.78, 5) is 83.8. The molecule has 0 saturated heterocycles. The number of nitrogens with one attached hydrogen (secondary N) is 5. The van der Waals surface area contributed by atoms with Crippen molar-refractivity contribution in [3.8, 4) is 0 Å². The number of rotatable bonds is 14. The molecule has 0 aliphatic carbocycles. The van der Waals surface area contributed by atoms with E-state index in [4.69, 9.17) is 16.6 Å². The molecule has 0 aliphatic heterocycles. The molecular weight excluding hydrogens is 482 g/mol. The van der Waals surface area contributed by atoms with Crippen LogP contribution in [0.4, 0.5) is 0 Å². The van der Waals surface area contributed by atoms with Crippen LogP contribution in [0, 0.1) is 0 Å². The Morgan fingerprint density at radius 1 is 0.667 bits per heavy atom. The topological polar surface area (TPSA) is 272 Å². The van der Waals surface area contributed by atoms with E-state index in [1.165, 1.54) is 27.7 Å². The first-order chi connectivity index (χ1) is 16.5. The monoisotopic (exact) mass is 517 g/mol. The van der Waals surface area contributed by atoms with Gasteiger partial charge in [-0.3, -0.25) is 33.6 Å². The van der Waals surface area contributed by atoms with Crippen LogP contribution in [0.5, 0.6) is 0 Å². The summed E-state index contributed by atoms with van der Waals surface area (Å²) in [5.74, 6) is -6.69. The Labute approximate surface area is 207 Å². The van der Waals surface area contributed by atoms with E-state index in [2.05, 4.69) is 26.6 Å². The van der Waals surface area contributed by atoms with Crippen LogP contribution in [0.1, 0.15) is 41.0 Å². The van der Waals surface area contributed by atoms with Gasteiger partial charge in [0.15, 0.2) is 0 Å². The number of nitrogens with two attached hydrogens (primary N) is 2. The molecule has 0 rings (SSSR count). The molecule has 36 heavy (non-hydrogen) atoms. The van der Waals surface area contributed by atoms with Crippen molar-refractivity contribution in [2.45, 2.75) is 83.4 Å². The Morgan fingerprint density at radius 2 is 1.11 bits per heavy atom. The molecule has 0 saturated carbocycles. The van der Waals surface area contributed by atoms with Crippen molar-refractivity contribution in [3.05, 3.63) is 0 Å². The quantitative estimate of drug-likeness (QED) is 0.106. The fourth-order valence-electron chi connectivity index (χ4n) is 2.55. The smallest absolute Gasteiger partial charge is 0.325 e. The van der Waals surface area contributed by atoms with Crippen molar-refractivity contribution in [2.75, 3.05) is 0 Å². The summed E-state index contributed by atoms with van der Waals surface area (Å²) in [5, 5.41) is 29.9. The second-order valence-electron chi connectivity index (χ2n) is 8.28. The van der Waals surface area contributed by atoms with Gasteiger partial charge in [0.05, 0.1) is 18.6 Å². The van der Waals surface area contributed by atoms with Gasteiger partial charge < -0.3 is 48.3 Å². The maximum Gasteiger partial charge on any atom is 0.325 e. The number of primary amides is 1. The largest absolute Gasteiger partial charge is 0.480 e. The molecule has 0 aromatic rings. The Morgan fingerprint density at radius 3 is 1.53 bits per heavy atom. The van der Waals surface area contributed by atoms with Crippen molar-refractivity contribution in [1.29, 1.82) is 0 Å². The van der Waals surface area contributed by atoms with Gasteiger partial charge in [-0.2, -0.15) is 0 Å². The summed E-state index contributed by atoms with van der Waals surface area (Å²) in [6.45, 7) is 6.32. The third-order valence-corrected chi connectivity index (χ3v) is 4.75. The third kappa shape index (κ3) is 11.1. The SMILES string of the molecule is C[C@H](N)C(=O)N[C@@H](C)C(=O)N[C@@H](CC(N)=O)C(=O)N[C@H](C(=O)N[C@@H](C)C(=O)N[C@@H](C)C(=O)O)[C@@H](C)O. The molecule has 16 heteroatoms. The second kappa shape index (κ2) is 14.6. The van der Waals surface area contributed by atoms with Crippen LogP contribution in [0.15, 0.2) is 0 Å². The lowest BCUT2D eigenvalue weighted by molar-refractivity contribution is -0.141. The molecule has 16 nitrogen and oxygen atoms in total. The lowest BCUT2D eigenvalue weighted by Crippen LogP contribution is -2.61. The molecule has 0 unspecified atom stereocenters. The number of carbonyl (C=O) groups is 7. The minimum atomic E-state index is -1.63. The van der Waals surface area contributed by atoms with E-state index in [1.807, 2.05) is 0 Å². The predicted octanol–water partition coefficient (Wildman–Crippen LogP) is -4.84. The average Bonchev–Trinajstić information content (AvgIpc) is 2.75. The number of hydrogen-bond donors (Lipinski definition) is 9. The predicted molar refractivity (Wildman–Crippen MR) is 123 cm³/mol. The zero-order valence-electron chi connectivity index (χ0n) is 20.7. The molecule has 0 aromatic carbocycles. The summed E-state index contributed by atoms with van der Waals surface area (Å²) in [7, 11) is 0. The van der Waals surface area contributed by atoms with E-state index >= 15 is 0 Å². The van der Waals surface area contributed by atoms with Crippen LogP contribution in [0.25, 0.3) is 0 Å². The molecule has 0 spiro atoms. The number of hydrogen-bond acceptors (Lipinski definition) is 9. The number of amides is 6. The van der Waals surface area contributed by atoms with E-state index in [9.17, 15) is 38.7 Å². The lowest BCUT2D eigenvalue weighted by atomic mass is 10.1. The maximum atomic E-state index is 12.8. The standard InChI is InChI=1S/C20H35N7O9/c1-7(21)15(30)23-9(3)17(32)26-12(6-13(22)29)18(33)27-14(11(5)28)19(34)24-8(2)16(31)25-10(4)20(35)36/h7-12,14,28H,6,21H2,1-5H3,(H2,22,29)(H,23,30)(H,24,34)(H,25,31)(H,26,32)(H,27,33)(H,35,36)/t7-,8-,9-,10-,11+,12-,14-/m0/s1. The highest BCUT2D eigenvalue weighted by molar-refractivity contribution is 5.97. The maximum absolute atomic E-state index is 12.8. The van der Waals surface area contributed by atoms with E-state index in [0.717, 1.165) is 6.92 Å². The number of aliphatic hydroxyl groups is 1. The van der Waals surface area contributed by atoms with Gasteiger partial charge in [-0.25, -0.2) is 0 Å². The first kappa shape index (κ1) is 32.2. The van der Waals surface area contributed by atoms with Gasteiger partial charge >= 0.3 is 5.97 Å². The van der Waals surface area contributed by atoms with E-state index in [1.54, 1.807) is 0 Å². The van der Waals surface area contributed by atoms with Crippen molar-refractivity contribution in [3.63, 3.8) is 0 Å². The van der Waals surface area contributed by atoms with E-state index < -0.39 is 90.2 Å². The summed E-state index contributed by atoms with van der Waals surface area (Å²) in [5.41, 5.74) is 10.6. The van der Waals surface area contributed by atoms with Gasteiger partial charge in [0.1, 0.15) is 30.2 Å². The molecule has 7 atom stereocenters. The number of aliphatic carboxylic acids is 1. The molecule has 0 heterocycles. The van der Waals surface area contributed by atoms with Crippen LogP contribution in [0.3, 0.4) is 0 Å². The van der Waals surface area contributed by atoms with Crippen molar-refractivity contribution in [2.24, 2.45) is 11.5 Å². The summed E-state index contributed by atoms with van der Waals surface area (Å²) in [6, 6.07) is -7.74. The Balaban J connectivity index is 5.40. The van der Waals surface area contributed by atoms with Crippen LogP contribution in [-0.4, -0.2) is 94.0 Å². The van der Waals surface area contributed by atoms with Crippen LogP contribution in [-0.2, 0) is 33.6 Å². The second-order valence-corrected chi connectivity index (χ2v) is 8.28. The summed E-state index contributed by atoms with van der Waals surface area (Å²) >= 11 is 0. The first-order valence-corrected chi connectivity index (χ1v) is 10.9. The molecule has 0 fully saturated rings. The first-order valence-electron chi connectivity index (χ1n) is 10.9. The molecule has 11 N–H and O–H groups in total. The van der Waals surface area contributed by atoms with Crippen LogP contribution < -0.4 is 38.1 Å². The Kier molecular flexibility index (Phi) is 13.0. The summed E-state index contributed by atoms with van der Waals surface area (Å²) in [6.07, 6.45) is -2.16. The van der Waals surface area contributed by atoms with Gasteiger partial charge in [0.25, 0.3) is 0 Å². The number of carbonyl (C=O) groups excluding carboxylic acids is 6. The molecule has 0 radical (unpaired) electrons. The number of carboxylic acids is 1. The van der Waals surface area contributed by atoms with Crippen molar-refractivity contribution < 1.29 is 43.8 Å². The zero-order valence-corrected chi connectivity index (χ0v) is 20.7. The molecule has 204 valence electrons. The van der Waals surface area contributed by atoms with Gasteiger partial charge in [-0.1, -0.05) is 0 Å².